The molecular formula is C10H8ClN3O3. The van der Waals surface area contributed by atoms with Gasteiger partial charge >= 0.3 is 5.97 Å². The van der Waals surface area contributed by atoms with E-state index in [4.69, 9.17) is 16.7 Å². The van der Waals surface area contributed by atoms with E-state index < -0.39 is 5.97 Å². The molecule has 88 valence electrons. The summed E-state index contributed by atoms with van der Waals surface area (Å²) in [5.74, 6) is -1.10. The average Bonchev–Trinajstić information content (AvgIpc) is 2.54. The number of hydrogen-bond acceptors (Lipinski definition) is 4. The monoisotopic (exact) mass is 253 g/mol. The minimum atomic E-state index is -1.08. The number of aromatic nitrogens is 2. The molecule has 0 amide bonds. The second kappa shape index (κ2) is 4.14. The highest BCUT2D eigenvalue weighted by Gasteiger charge is 2.17. The van der Waals surface area contributed by atoms with E-state index in [1.54, 1.807) is 19.2 Å². The molecule has 0 aliphatic rings. The number of halogens is 1. The van der Waals surface area contributed by atoms with Gasteiger partial charge in [0, 0.05) is 6.20 Å². The molecule has 0 saturated heterocycles. The van der Waals surface area contributed by atoms with Crippen molar-refractivity contribution < 1.29 is 9.90 Å². The van der Waals surface area contributed by atoms with Gasteiger partial charge in [-0.3, -0.25) is 9.20 Å². The molecule has 0 aromatic carbocycles. The number of rotatable bonds is 3. The van der Waals surface area contributed by atoms with E-state index in [1.807, 2.05) is 0 Å². The molecule has 0 unspecified atom stereocenters. The SMILES string of the molecule is Cc1cc(Cl)c2nc(CC(=O)O)c(N=O)n2c1. The first-order chi connectivity index (χ1) is 8.02. The van der Waals surface area contributed by atoms with Crippen LogP contribution >= 0.6 is 11.6 Å². The molecular weight excluding hydrogens is 246 g/mol. The quantitative estimate of drug-likeness (QED) is 0.851. The molecule has 2 heterocycles. The van der Waals surface area contributed by atoms with E-state index in [2.05, 4.69) is 10.2 Å². The van der Waals surface area contributed by atoms with Gasteiger partial charge < -0.3 is 5.11 Å². The number of nitroso groups, excluding NO2 is 1. The standard InChI is InChI=1S/C10H8ClN3O3/c1-5-2-6(11)9-12-7(3-8(15)16)10(13-17)14(9)4-5/h2,4H,3H2,1H3,(H,15,16). The van der Waals surface area contributed by atoms with Crippen LogP contribution in [0.2, 0.25) is 5.02 Å². The van der Waals surface area contributed by atoms with E-state index in [-0.39, 0.29) is 17.9 Å². The lowest BCUT2D eigenvalue weighted by Crippen LogP contribution is -2.00. The third kappa shape index (κ3) is 1.99. The van der Waals surface area contributed by atoms with Crippen molar-refractivity contribution in [3.63, 3.8) is 0 Å². The third-order valence-electron chi connectivity index (χ3n) is 2.26. The van der Waals surface area contributed by atoms with Crippen LogP contribution in [0, 0.1) is 11.8 Å². The van der Waals surface area contributed by atoms with Crippen LogP contribution in [-0.2, 0) is 11.2 Å². The predicted octanol–water partition coefficient (Wildman–Crippen LogP) is 2.32. The van der Waals surface area contributed by atoms with Gasteiger partial charge in [0.05, 0.1) is 11.4 Å². The van der Waals surface area contributed by atoms with Crippen LogP contribution in [0.5, 0.6) is 0 Å². The van der Waals surface area contributed by atoms with Crippen molar-refractivity contribution in [2.75, 3.05) is 0 Å². The Morgan fingerprint density at radius 2 is 2.35 bits per heavy atom. The molecule has 0 aliphatic heterocycles. The maximum absolute atomic E-state index is 10.8. The van der Waals surface area contributed by atoms with Crippen molar-refractivity contribution in [2.45, 2.75) is 13.3 Å². The molecule has 2 rings (SSSR count). The van der Waals surface area contributed by atoms with Gasteiger partial charge in [0.25, 0.3) is 0 Å². The fourth-order valence-corrected chi connectivity index (χ4v) is 1.93. The zero-order valence-electron chi connectivity index (χ0n) is 8.85. The number of carbonyl (C=O) groups is 1. The second-order valence-electron chi connectivity index (χ2n) is 3.60. The first kappa shape index (κ1) is 11.5. The van der Waals surface area contributed by atoms with Gasteiger partial charge in [-0.05, 0) is 23.7 Å². The summed E-state index contributed by atoms with van der Waals surface area (Å²) in [5, 5.41) is 11.9. The van der Waals surface area contributed by atoms with Gasteiger partial charge in [-0.15, -0.1) is 4.91 Å². The summed E-state index contributed by atoms with van der Waals surface area (Å²) in [4.78, 5) is 25.4. The minimum Gasteiger partial charge on any atom is -0.481 e. The van der Waals surface area contributed by atoms with Crippen molar-refractivity contribution in [2.24, 2.45) is 5.18 Å². The number of imidazole rings is 1. The molecule has 0 spiro atoms. The Morgan fingerprint density at radius 3 is 2.94 bits per heavy atom. The Bertz CT molecular complexity index is 621. The molecule has 17 heavy (non-hydrogen) atoms. The van der Waals surface area contributed by atoms with Crippen LogP contribution in [0.4, 0.5) is 5.82 Å². The molecule has 0 atom stereocenters. The summed E-state index contributed by atoms with van der Waals surface area (Å²) < 4.78 is 1.41. The van der Waals surface area contributed by atoms with E-state index in [1.165, 1.54) is 4.40 Å². The van der Waals surface area contributed by atoms with E-state index in [9.17, 15) is 9.70 Å². The number of aryl methyl sites for hydroxylation is 1. The largest absolute Gasteiger partial charge is 0.481 e. The van der Waals surface area contributed by atoms with Gasteiger partial charge in [0.2, 0.25) is 5.82 Å². The highest BCUT2D eigenvalue weighted by Crippen LogP contribution is 2.27. The summed E-state index contributed by atoms with van der Waals surface area (Å²) in [5.41, 5.74) is 1.27. The number of hydrogen-bond donors (Lipinski definition) is 1. The number of fused-ring (bicyclic) bond motifs is 1. The third-order valence-corrected chi connectivity index (χ3v) is 2.54. The van der Waals surface area contributed by atoms with Crippen LogP contribution in [0.15, 0.2) is 17.4 Å². The molecule has 1 N–H and O–H groups in total. The fraction of sp³-hybridized carbons (Fsp3) is 0.200. The van der Waals surface area contributed by atoms with Gasteiger partial charge in [-0.25, -0.2) is 4.98 Å². The van der Waals surface area contributed by atoms with Crippen LogP contribution in [0.1, 0.15) is 11.3 Å². The minimum absolute atomic E-state index is 0.0204. The maximum atomic E-state index is 10.8. The fourth-order valence-electron chi connectivity index (χ4n) is 1.63. The van der Waals surface area contributed by atoms with E-state index in [0.717, 1.165) is 5.56 Å². The van der Waals surface area contributed by atoms with Crippen LogP contribution in [0.25, 0.3) is 5.65 Å². The Morgan fingerprint density at radius 1 is 1.65 bits per heavy atom. The lowest BCUT2D eigenvalue weighted by atomic mass is 10.3. The number of carboxylic acid groups (broad SMARTS) is 1. The number of carboxylic acids is 1. The van der Waals surface area contributed by atoms with Crippen LogP contribution in [-0.4, -0.2) is 20.5 Å². The number of aliphatic carboxylic acids is 1. The number of pyridine rings is 1. The molecule has 7 heteroatoms. The lowest BCUT2D eigenvalue weighted by molar-refractivity contribution is -0.136. The Labute approximate surface area is 101 Å². The van der Waals surface area contributed by atoms with E-state index in [0.29, 0.717) is 10.7 Å². The summed E-state index contributed by atoms with van der Waals surface area (Å²) >= 11 is 5.97. The molecule has 6 nitrogen and oxygen atoms in total. The van der Waals surface area contributed by atoms with Crippen molar-refractivity contribution in [1.29, 1.82) is 0 Å². The molecule has 0 fully saturated rings. The van der Waals surface area contributed by atoms with Gasteiger partial charge in [-0.1, -0.05) is 11.6 Å². The Hall–Kier alpha value is -1.95. The summed E-state index contributed by atoms with van der Waals surface area (Å²) in [6.45, 7) is 1.80. The topological polar surface area (TPSA) is 84.0 Å². The van der Waals surface area contributed by atoms with Crippen LogP contribution in [0.3, 0.4) is 0 Å². The molecule has 2 aromatic heterocycles. The summed E-state index contributed by atoms with van der Waals surface area (Å²) in [6.07, 6.45) is 1.27. The van der Waals surface area contributed by atoms with Gasteiger partial charge in [-0.2, -0.15) is 0 Å². The lowest BCUT2D eigenvalue weighted by Gasteiger charge is -1.99. The summed E-state index contributed by atoms with van der Waals surface area (Å²) in [6, 6.07) is 1.68. The van der Waals surface area contributed by atoms with Crippen molar-refractivity contribution in [3.8, 4) is 0 Å². The molecule has 0 radical (unpaired) electrons. The molecule has 0 saturated carbocycles. The average molecular weight is 254 g/mol. The zero-order valence-corrected chi connectivity index (χ0v) is 9.60. The van der Waals surface area contributed by atoms with E-state index >= 15 is 0 Å². The Balaban J connectivity index is 2.74. The second-order valence-corrected chi connectivity index (χ2v) is 4.01. The highest BCUT2D eigenvalue weighted by molar-refractivity contribution is 6.33. The number of nitrogens with zero attached hydrogens (tertiary/aromatic N) is 3. The highest BCUT2D eigenvalue weighted by atomic mass is 35.5. The normalized spacial score (nSPS) is 10.7. The van der Waals surface area contributed by atoms with Gasteiger partial charge in [0.15, 0.2) is 5.65 Å². The van der Waals surface area contributed by atoms with Crippen LogP contribution < -0.4 is 0 Å². The van der Waals surface area contributed by atoms with Crippen molar-refractivity contribution in [3.05, 3.63) is 33.5 Å². The maximum Gasteiger partial charge on any atom is 0.309 e. The van der Waals surface area contributed by atoms with Crippen molar-refractivity contribution in [1.82, 2.24) is 9.38 Å². The van der Waals surface area contributed by atoms with Crippen molar-refractivity contribution >= 4 is 29.0 Å². The van der Waals surface area contributed by atoms with Gasteiger partial charge in [0.1, 0.15) is 5.69 Å². The predicted molar refractivity (Wildman–Crippen MR) is 61.7 cm³/mol. The Kier molecular flexibility index (Phi) is 2.81. The molecule has 2 aromatic rings. The molecule has 0 aliphatic carbocycles. The summed E-state index contributed by atoms with van der Waals surface area (Å²) in [7, 11) is 0. The molecule has 0 bridgehead atoms. The zero-order chi connectivity index (χ0) is 12.6. The smallest absolute Gasteiger partial charge is 0.309 e. The first-order valence-corrected chi connectivity index (χ1v) is 5.13. The first-order valence-electron chi connectivity index (χ1n) is 4.75.